The van der Waals surface area contributed by atoms with Gasteiger partial charge in [0.1, 0.15) is 5.82 Å². The van der Waals surface area contributed by atoms with Gasteiger partial charge in [0, 0.05) is 25.4 Å². The van der Waals surface area contributed by atoms with Gasteiger partial charge in [0.2, 0.25) is 5.91 Å². The minimum absolute atomic E-state index is 0.0770. The monoisotopic (exact) mass is 328 g/mol. The first-order chi connectivity index (χ1) is 11.7. The van der Waals surface area contributed by atoms with Crippen LogP contribution in [-0.2, 0) is 11.2 Å². The number of benzene rings is 1. The van der Waals surface area contributed by atoms with E-state index in [0.29, 0.717) is 25.3 Å². The number of imidazole rings is 1. The van der Waals surface area contributed by atoms with Crippen molar-refractivity contribution in [2.75, 3.05) is 6.54 Å². The Morgan fingerprint density at radius 3 is 2.88 bits per heavy atom. The lowest BCUT2D eigenvalue weighted by Gasteiger charge is -2.30. The maximum absolute atomic E-state index is 12.3. The summed E-state index contributed by atoms with van der Waals surface area (Å²) in [6.45, 7) is 2.58. The van der Waals surface area contributed by atoms with Gasteiger partial charge in [-0.2, -0.15) is 0 Å². The van der Waals surface area contributed by atoms with Crippen LogP contribution in [0.25, 0.3) is 11.0 Å². The molecule has 1 atom stereocenters. The molecular weight excluding hydrogens is 300 g/mol. The number of aromatic amines is 1. The summed E-state index contributed by atoms with van der Waals surface area (Å²) >= 11 is 0. The number of H-pyrrole nitrogens is 1. The first-order valence-corrected chi connectivity index (χ1v) is 9.11. The van der Waals surface area contributed by atoms with E-state index in [1.54, 1.807) is 0 Å². The van der Waals surface area contributed by atoms with Gasteiger partial charge < -0.3 is 16.0 Å². The molecule has 1 heterocycles. The summed E-state index contributed by atoms with van der Waals surface area (Å²) in [5.74, 6) is 1.49. The zero-order chi connectivity index (χ0) is 16.9. The number of aromatic nitrogens is 2. The number of nitrogens with zero attached hydrogens (tertiary/aromatic N) is 1. The summed E-state index contributed by atoms with van der Waals surface area (Å²) in [7, 11) is 0. The maximum Gasteiger partial charge on any atom is 0.220 e. The second-order valence-corrected chi connectivity index (χ2v) is 6.96. The van der Waals surface area contributed by atoms with E-state index in [4.69, 9.17) is 5.73 Å². The van der Waals surface area contributed by atoms with Gasteiger partial charge in [0.15, 0.2) is 0 Å². The normalized spacial score (nSPS) is 17.1. The topological polar surface area (TPSA) is 83.8 Å². The number of nitrogens with one attached hydrogen (secondary N) is 2. The van der Waals surface area contributed by atoms with Crippen LogP contribution in [0.5, 0.6) is 0 Å². The average molecular weight is 328 g/mol. The summed E-state index contributed by atoms with van der Waals surface area (Å²) in [6, 6.07) is 6.21. The molecular formula is C19H28N4O. The number of rotatable bonds is 6. The fraction of sp³-hybridized carbons (Fsp3) is 0.579. The first kappa shape index (κ1) is 17.0. The van der Waals surface area contributed by atoms with Crippen LogP contribution in [0.4, 0.5) is 0 Å². The van der Waals surface area contributed by atoms with Crippen LogP contribution in [-0.4, -0.2) is 28.5 Å². The Hall–Kier alpha value is -1.88. The third-order valence-corrected chi connectivity index (χ3v) is 5.17. The van der Waals surface area contributed by atoms with Crippen LogP contribution in [0, 0.1) is 12.8 Å². The van der Waals surface area contributed by atoms with Gasteiger partial charge in [-0.15, -0.1) is 0 Å². The van der Waals surface area contributed by atoms with Crippen molar-refractivity contribution in [2.45, 2.75) is 57.9 Å². The quantitative estimate of drug-likeness (QED) is 0.762. The molecule has 1 aliphatic carbocycles. The number of hydrogen-bond acceptors (Lipinski definition) is 3. The fourth-order valence-electron chi connectivity index (χ4n) is 3.76. The number of fused-ring (bicyclic) bond motifs is 1. The number of carbonyl (C=O) groups excluding carboxylic acids is 1. The maximum atomic E-state index is 12.3. The summed E-state index contributed by atoms with van der Waals surface area (Å²) < 4.78 is 0. The number of amides is 1. The van der Waals surface area contributed by atoms with Crippen LogP contribution in [0.15, 0.2) is 18.2 Å². The van der Waals surface area contributed by atoms with Gasteiger partial charge in [-0.1, -0.05) is 31.4 Å². The standard InChI is InChI=1S/C19H28N4O/c1-13-6-5-9-15-19(13)23-17(21-15)10-11-18(24)22-16(12-20)14-7-3-2-4-8-14/h5-6,9,14,16H,2-4,7-8,10-12,20H2,1H3,(H,21,23)(H,22,24). The Balaban J connectivity index is 1.54. The van der Waals surface area contributed by atoms with Crippen molar-refractivity contribution in [3.05, 3.63) is 29.6 Å². The Bertz CT molecular complexity index is 688. The Morgan fingerprint density at radius 1 is 1.38 bits per heavy atom. The van der Waals surface area contributed by atoms with Crippen molar-refractivity contribution >= 4 is 16.9 Å². The molecule has 5 heteroatoms. The van der Waals surface area contributed by atoms with Gasteiger partial charge >= 0.3 is 0 Å². The van der Waals surface area contributed by atoms with Crippen molar-refractivity contribution in [2.24, 2.45) is 11.7 Å². The van der Waals surface area contributed by atoms with Crippen LogP contribution in [0.3, 0.4) is 0 Å². The minimum Gasteiger partial charge on any atom is -0.352 e. The first-order valence-electron chi connectivity index (χ1n) is 9.11. The van der Waals surface area contributed by atoms with Gasteiger partial charge in [-0.3, -0.25) is 4.79 Å². The van der Waals surface area contributed by atoms with E-state index in [1.165, 1.54) is 32.1 Å². The average Bonchev–Trinajstić information content (AvgIpc) is 3.03. The summed E-state index contributed by atoms with van der Waals surface area (Å²) in [6.07, 6.45) is 7.28. The molecule has 1 aromatic carbocycles. The number of para-hydroxylation sites is 1. The molecule has 2 aromatic rings. The van der Waals surface area contributed by atoms with E-state index in [9.17, 15) is 4.79 Å². The highest BCUT2D eigenvalue weighted by Gasteiger charge is 2.23. The van der Waals surface area contributed by atoms with E-state index in [-0.39, 0.29) is 11.9 Å². The molecule has 1 amide bonds. The molecule has 0 spiro atoms. The zero-order valence-electron chi connectivity index (χ0n) is 14.5. The number of hydrogen-bond donors (Lipinski definition) is 3. The predicted molar refractivity (Wildman–Crippen MR) is 96.7 cm³/mol. The second-order valence-electron chi connectivity index (χ2n) is 6.96. The molecule has 0 radical (unpaired) electrons. The number of carbonyl (C=O) groups is 1. The summed E-state index contributed by atoms with van der Waals surface area (Å²) in [5.41, 5.74) is 9.08. The predicted octanol–water partition coefficient (Wildman–Crippen LogP) is 2.83. The molecule has 5 nitrogen and oxygen atoms in total. The fourth-order valence-corrected chi connectivity index (χ4v) is 3.76. The van der Waals surface area contributed by atoms with Crippen molar-refractivity contribution < 1.29 is 4.79 Å². The van der Waals surface area contributed by atoms with Crippen LogP contribution < -0.4 is 11.1 Å². The molecule has 0 bridgehead atoms. The van der Waals surface area contributed by atoms with E-state index < -0.39 is 0 Å². The summed E-state index contributed by atoms with van der Waals surface area (Å²) in [5, 5.41) is 3.15. The lowest BCUT2D eigenvalue weighted by atomic mass is 9.84. The molecule has 1 unspecified atom stereocenters. The SMILES string of the molecule is Cc1cccc2[nH]c(CCC(=O)NC(CN)C3CCCCC3)nc12. The minimum atomic E-state index is 0.0770. The van der Waals surface area contributed by atoms with Gasteiger partial charge in [0.25, 0.3) is 0 Å². The Kier molecular flexibility index (Phi) is 5.51. The molecule has 24 heavy (non-hydrogen) atoms. The van der Waals surface area contributed by atoms with E-state index in [2.05, 4.69) is 28.3 Å². The van der Waals surface area contributed by atoms with Crippen molar-refractivity contribution in [3.63, 3.8) is 0 Å². The molecule has 0 saturated heterocycles. The number of nitrogens with two attached hydrogens (primary N) is 1. The van der Waals surface area contributed by atoms with E-state index in [0.717, 1.165) is 22.4 Å². The molecule has 1 aromatic heterocycles. The molecule has 3 rings (SSSR count). The largest absolute Gasteiger partial charge is 0.352 e. The van der Waals surface area contributed by atoms with E-state index in [1.807, 2.05) is 12.1 Å². The number of aryl methyl sites for hydroxylation is 2. The van der Waals surface area contributed by atoms with E-state index >= 15 is 0 Å². The Morgan fingerprint density at radius 2 is 2.17 bits per heavy atom. The summed E-state index contributed by atoms with van der Waals surface area (Å²) in [4.78, 5) is 20.2. The third kappa shape index (κ3) is 3.96. The molecule has 130 valence electrons. The van der Waals surface area contributed by atoms with Gasteiger partial charge in [0.05, 0.1) is 11.0 Å². The highest BCUT2D eigenvalue weighted by atomic mass is 16.1. The lowest BCUT2D eigenvalue weighted by molar-refractivity contribution is -0.122. The molecule has 1 fully saturated rings. The van der Waals surface area contributed by atoms with Crippen molar-refractivity contribution in [1.82, 2.24) is 15.3 Å². The van der Waals surface area contributed by atoms with Gasteiger partial charge in [-0.25, -0.2) is 4.98 Å². The highest BCUT2D eigenvalue weighted by Crippen LogP contribution is 2.26. The van der Waals surface area contributed by atoms with Crippen molar-refractivity contribution in [3.8, 4) is 0 Å². The third-order valence-electron chi connectivity index (χ3n) is 5.17. The van der Waals surface area contributed by atoms with Crippen LogP contribution in [0.2, 0.25) is 0 Å². The molecule has 1 aliphatic rings. The Labute approximate surface area is 143 Å². The smallest absolute Gasteiger partial charge is 0.220 e. The lowest BCUT2D eigenvalue weighted by Crippen LogP contribution is -2.46. The highest BCUT2D eigenvalue weighted by molar-refractivity contribution is 5.79. The van der Waals surface area contributed by atoms with Crippen molar-refractivity contribution in [1.29, 1.82) is 0 Å². The molecule has 0 aliphatic heterocycles. The molecule has 4 N–H and O–H groups in total. The second kappa shape index (κ2) is 7.79. The zero-order valence-corrected chi connectivity index (χ0v) is 14.5. The molecule has 1 saturated carbocycles. The van der Waals surface area contributed by atoms with Crippen LogP contribution >= 0.6 is 0 Å². The van der Waals surface area contributed by atoms with Crippen LogP contribution in [0.1, 0.15) is 49.9 Å². The van der Waals surface area contributed by atoms with Gasteiger partial charge in [-0.05, 0) is 37.3 Å².